The lowest BCUT2D eigenvalue weighted by atomic mass is 9.92. The molecule has 4 nitrogen and oxygen atoms in total. The fourth-order valence-electron chi connectivity index (χ4n) is 2.87. The van der Waals surface area contributed by atoms with Crippen LogP contribution in [0.25, 0.3) is 0 Å². The van der Waals surface area contributed by atoms with Crippen molar-refractivity contribution in [1.82, 2.24) is 15.0 Å². The molecule has 4 heteroatoms. The van der Waals surface area contributed by atoms with Crippen LogP contribution in [0.2, 0.25) is 0 Å². The minimum Gasteiger partial charge on any atom is -0.340 e. The first kappa shape index (κ1) is 17.9. The molecule has 0 amide bonds. The van der Waals surface area contributed by atoms with Gasteiger partial charge in [0.05, 0.1) is 0 Å². The molecule has 0 aliphatic heterocycles. The molecule has 0 aliphatic carbocycles. The summed E-state index contributed by atoms with van der Waals surface area (Å²) in [5, 5.41) is 0. The summed E-state index contributed by atoms with van der Waals surface area (Å²) in [7, 11) is 2.11. The van der Waals surface area contributed by atoms with Crippen molar-refractivity contribution >= 4 is 5.95 Å². The summed E-state index contributed by atoms with van der Waals surface area (Å²) < 4.78 is 0. The van der Waals surface area contributed by atoms with Gasteiger partial charge in [0.1, 0.15) is 11.6 Å². The highest BCUT2D eigenvalue weighted by atomic mass is 15.3. The van der Waals surface area contributed by atoms with Crippen LogP contribution in [0.15, 0.2) is 0 Å². The van der Waals surface area contributed by atoms with Crippen LogP contribution in [0.1, 0.15) is 78.9 Å². The Kier molecular flexibility index (Phi) is 6.11. The van der Waals surface area contributed by atoms with Gasteiger partial charge in [0.2, 0.25) is 5.95 Å². The van der Waals surface area contributed by atoms with Gasteiger partial charge in [0.25, 0.3) is 0 Å². The van der Waals surface area contributed by atoms with E-state index in [0.29, 0.717) is 29.7 Å². The molecular weight excluding hydrogens is 260 g/mol. The molecule has 0 radical (unpaired) electrons. The zero-order valence-electron chi connectivity index (χ0n) is 15.2. The Morgan fingerprint density at radius 1 is 0.667 bits per heavy atom. The van der Waals surface area contributed by atoms with Crippen LogP contribution >= 0.6 is 0 Å². The minimum atomic E-state index is 0.314. The van der Waals surface area contributed by atoms with Crippen LogP contribution in [-0.2, 0) is 0 Å². The molecule has 0 fully saturated rings. The van der Waals surface area contributed by atoms with E-state index in [9.17, 15) is 0 Å². The molecule has 1 aromatic rings. The smallest absolute Gasteiger partial charge is 0.228 e. The Balaban J connectivity index is 3.27. The number of nitrogens with zero attached hydrogens (tertiary/aromatic N) is 4. The molecule has 0 aromatic carbocycles. The average Bonchev–Trinajstić information content (AvgIpc) is 2.36. The maximum atomic E-state index is 4.70. The third-order valence-corrected chi connectivity index (χ3v) is 3.82. The normalized spacial score (nSPS) is 12.3. The molecule has 0 N–H and O–H groups in total. The lowest BCUT2D eigenvalue weighted by Crippen LogP contribution is -2.41. The second kappa shape index (κ2) is 7.19. The van der Waals surface area contributed by atoms with Crippen molar-refractivity contribution in [2.75, 3.05) is 11.9 Å². The number of anilines is 1. The second-order valence-electron chi connectivity index (χ2n) is 7.25. The lowest BCUT2D eigenvalue weighted by molar-refractivity contribution is 0.367. The van der Waals surface area contributed by atoms with Gasteiger partial charge in [-0.3, -0.25) is 0 Å². The highest BCUT2D eigenvalue weighted by Gasteiger charge is 2.25. The molecule has 0 saturated heterocycles. The summed E-state index contributed by atoms with van der Waals surface area (Å²) in [5.41, 5.74) is 0. The first-order valence-corrected chi connectivity index (χ1v) is 8.13. The van der Waals surface area contributed by atoms with Crippen LogP contribution in [0.4, 0.5) is 5.95 Å². The van der Waals surface area contributed by atoms with Crippen molar-refractivity contribution in [3.05, 3.63) is 11.6 Å². The Hall–Kier alpha value is -1.19. The van der Waals surface area contributed by atoms with Crippen LogP contribution in [0.5, 0.6) is 0 Å². The molecule has 0 spiro atoms. The summed E-state index contributed by atoms with van der Waals surface area (Å²) >= 11 is 0. The molecule has 0 bridgehead atoms. The maximum absolute atomic E-state index is 4.70. The van der Waals surface area contributed by atoms with Gasteiger partial charge >= 0.3 is 0 Å². The van der Waals surface area contributed by atoms with E-state index in [2.05, 4.69) is 72.3 Å². The molecule has 0 atom stereocenters. The van der Waals surface area contributed by atoms with Gasteiger partial charge < -0.3 is 4.90 Å². The molecular formula is C17H32N4. The Bertz CT molecular complexity index is 418. The highest BCUT2D eigenvalue weighted by molar-refractivity contribution is 5.32. The average molecular weight is 292 g/mol. The summed E-state index contributed by atoms with van der Waals surface area (Å²) in [4.78, 5) is 16.3. The van der Waals surface area contributed by atoms with Crippen molar-refractivity contribution < 1.29 is 0 Å². The largest absolute Gasteiger partial charge is 0.340 e. The monoisotopic (exact) mass is 292 g/mol. The quantitative estimate of drug-likeness (QED) is 0.786. The van der Waals surface area contributed by atoms with E-state index in [1.165, 1.54) is 0 Å². The summed E-state index contributed by atoms with van der Waals surface area (Å²) in [6.07, 6.45) is 0. The van der Waals surface area contributed by atoms with Gasteiger partial charge in [-0.25, -0.2) is 4.98 Å². The van der Waals surface area contributed by atoms with E-state index in [1.807, 2.05) is 0 Å². The number of rotatable bonds is 6. The third-order valence-electron chi connectivity index (χ3n) is 3.82. The van der Waals surface area contributed by atoms with Gasteiger partial charge in [0.15, 0.2) is 0 Å². The van der Waals surface area contributed by atoms with Crippen molar-refractivity contribution in [1.29, 1.82) is 0 Å². The van der Waals surface area contributed by atoms with E-state index < -0.39 is 0 Å². The van der Waals surface area contributed by atoms with Crippen LogP contribution in [0, 0.1) is 11.8 Å². The molecule has 0 saturated carbocycles. The van der Waals surface area contributed by atoms with E-state index in [-0.39, 0.29) is 0 Å². The summed E-state index contributed by atoms with van der Waals surface area (Å²) in [6, 6.07) is 0.424. The summed E-state index contributed by atoms with van der Waals surface area (Å²) in [6.45, 7) is 17.6. The van der Waals surface area contributed by atoms with E-state index in [1.54, 1.807) is 0 Å². The van der Waals surface area contributed by atoms with Gasteiger partial charge in [-0.2, -0.15) is 9.97 Å². The number of aromatic nitrogens is 3. The fourth-order valence-corrected chi connectivity index (χ4v) is 2.87. The van der Waals surface area contributed by atoms with Gasteiger partial charge in [-0.05, 0) is 11.8 Å². The zero-order chi connectivity index (χ0) is 16.3. The SMILES string of the molecule is CC(C)c1nc(C(C)C)nc(N(C)C(C(C)C)C(C)C)n1. The standard InChI is InChI=1S/C17H32N4/c1-10(2)14(11(3)4)21(9)17-19-15(12(5)6)18-16(20-17)13(7)8/h10-14H,1-9H3. The molecule has 1 rings (SSSR count). The number of hydrogen-bond acceptors (Lipinski definition) is 4. The van der Waals surface area contributed by atoms with Crippen LogP contribution in [-0.4, -0.2) is 28.0 Å². The predicted octanol–water partition coefficient (Wildman–Crippen LogP) is 4.24. The fraction of sp³-hybridized carbons (Fsp3) is 0.824. The molecule has 1 heterocycles. The first-order chi connectivity index (χ1) is 9.65. The Morgan fingerprint density at radius 3 is 1.33 bits per heavy atom. The first-order valence-electron chi connectivity index (χ1n) is 8.13. The predicted molar refractivity (Wildman–Crippen MR) is 89.9 cm³/mol. The van der Waals surface area contributed by atoms with Crippen molar-refractivity contribution in [3.8, 4) is 0 Å². The minimum absolute atomic E-state index is 0.314. The zero-order valence-corrected chi connectivity index (χ0v) is 15.2. The molecule has 120 valence electrons. The van der Waals surface area contributed by atoms with Gasteiger partial charge in [-0.15, -0.1) is 0 Å². The van der Waals surface area contributed by atoms with Crippen molar-refractivity contribution in [2.45, 2.75) is 73.3 Å². The van der Waals surface area contributed by atoms with Crippen molar-refractivity contribution in [3.63, 3.8) is 0 Å². The summed E-state index contributed by atoms with van der Waals surface area (Å²) in [5.74, 6) is 4.32. The van der Waals surface area contributed by atoms with Gasteiger partial charge in [0, 0.05) is 24.9 Å². The molecule has 1 aromatic heterocycles. The highest BCUT2D eigenvalue weighted by Crippen LogP contribution is 2.24. The Labute approximate surface area is 130 Å². The van der Waals surface area contributed by atoms with Crippen molar-refractivity contribution in [2.24, 2.45) is 11.8 Å². The second-order valence-corrected chi connectivity index (χ2v) is 7.25. The van der Waals surface area contributed by atoms with E-state index in [0.717, 1.165) is 17.6 Å². The van der Waals surface area contributed by atoms with Gasteiger partial charge in [-0.1, -0.05) is 55.4 Å². The number of hydrogen-bond donors (Lipinski definition) is 0. The van der Waals surface area contributed by atoms with E-state index >= 15 is 0 Å². The van der Waals surface area contributed by atoms with E-state index in [4.69, 9.17) is 9.97 Å². The topological polar surface area (TPSA) is 41.9 Å². The lowest BCUT2D eigenvalue weighted by Gasteiger charge is -2.34. The van der Waals surface area contributed by atoms with Crippen LogP contribution in [0.3, 0.4) is 0 Å². The molecule has 0 aliphatic rings. The molecule has 0 unspecified atom stereocenters. The molecule has 21 heavy (non-hydrogen) atoms. The van der Waals surface area contributed by atoms with Crippen LogP contribution < -0.4 is 4.90 Å². The maximum Gasteiger partial charge on any atom is 0.228 e. The Morgan fingerprint density at radius 2 is 1.05 bits per heavy atom. The third kappa shape index (κ3) is 4.39.